The zero-order valence-electron chi connectivity index (χ0n) is 25.2. The molecule has 0 unspecified atom stereocenters. The third-order valence-electron chi connectivity index (χ3n) is 8.10. The van der Waals surface area contributed by atoms with Gasteiger partial charge in [-0.2, -0.15) is 15.0 Å². The average Bonchev–Trinajstić information content (AvgIpc) is 3.03. The van der Waals surface area contributed by atoms with Crippen LogP contribution < -0.4 is 15.5 Å². The van der Waals surface area contributed by atoms with Crippen molar-refractivity contribution in [2.45, 2.75) is 90.1 Å². The van der Waals surface area contributed by atoms with E-state index in [9.17, 15) is 9.59 Å². The van der Waals surface area contributed by atoms with E-state index in [2.05, 4.69) is 15.5 Å². The van der Waals surface area contributed by atoms with Gasteiger partial charge < -0.3 is 25.0 Å². The summed E-state index contributed by atoms with van der Waals surface area (Å²) in [7, 11) is 0. The Hall–Kier alpha value is -4.21. The third-order valence-corrected chi connectivity index (χ3v) is 8.10. The molecule has 2 saturated carbocycles. The highest BCUT2D eigenvalue weighted by Gasteiger charge is 2.31. The molecule has 2 aliphatic carbocycles. The topological polar surface area (TPSA) is 119 Å². The molecule has 2 aromatic carbocycles. The minimum Gasteiger partial charge on any atom is -0.462 e. The highest BCUT2D eigenvalue weighted by Crippen LogP contribution is 2.34. The monoisotopic (exact) mass is 586 g/mol. The largest absolute Gasteiger partial charge is 0.462 e. The van der Waals surface area contributed by atoms with Crippen LogP contribution in [0, 0.1) is 0 Å². The first-order valence-electron chi connectivity index (χ1n) is 15.7. The molecule has 1 heterocycles. The van der Waals surface area contributed by atoms with Gasteiger partial charge in [0.2, 0.25) is 17.8 Å². The smallest absolute Gasteiger partial charge is 0.338 e. The van der Waals surface area contributed by atoms with Crippen molar-refractivity contribution < 1.29 is 19.1 Å². The molecule has 0 bridgehead atoms. The molecule has 0 saturated heterocycles. The van der Waals surface area contributed by atoms with Crippen LogP contribution in [-0.2, 0) is 9.47 Å². The van der Waals surface area contributed by atoms with Crippen molar-refractivity contribution in [3.63, 3.8) is 0 Å². The van der Waals surface area contributed by atoms with Crippen molar-refractivity contribution in [2.75, 3.05) is 28.7 Å². The zero-order chi connectivity index (χ0) is 30.0. The number of aromatic nitrogens is 3. The molecule has 228 valence electrons. The Bertz CT molecular complexity index is 1250. The summed E-state index contributed by atoms with van der Waals surface area (Å²) in [5, 5.41) is 6.65. The molecule has 43 heavy (non-hydrogen) atoms. The molecule has 0 radical (unpaired) electrons. The van der Waals surface area contributed by atoms with Gasteiger partial charge in [-0.25, -0.2) is 9.59 Å². The maximum atomic E-state index is 12.1. The third kappa shape index (κ3) is 8.00. The predicted molar refractivity (Wildman–Crippen MR) is 167 cm³/mol. The highest BCUT2D eigenvalue weighted by atomic mass is 16.5. The molecule has 2 N–H and O–H groups in total. The second kappa shape index (κ2) is 14.8. The van der Waals surface area contributed by atoms with Crippen LogP contribution in [0.3, 0.4) is 0 Å². The lowest BCUT2D eigenvalue weighted by Crippen LogP contribution is -2.46. The first-order valence-corrected chi connectivity index (χ1v) is 15.7. The van der Waals surface area contributed by atoms with Crippen LogP contribution in [0.1, 0.15) is 98.8 Å². The van der Waals surface area contributed by atoms with Crippen LogP contribution in [0.15, 0.2) is 48.5 Å². The Kier molecular flexibility index (Phi) is 10.4. The van der Waals surface area contributed by atoms with E-state index in [0.29, 0.717) is 54.3 Å². The van der Waals surface area contributed by atoms with E-state index in [-0.39, 0.29) is 11.9 Å². The van der Waals surface area contributed by atoms with Crippen LogP contribution in [0.2, 0.25) is 0 Å². The van der Waals surface area contributed by atoms with Gasteiger partial charge in [-0.1, -0.05) is 38.5 Å². The van der Waals surface area contributed by atoms with Crippen LogP contribution >= 0.6 is 0 Å². The number of carbonyl (C=O) groups is 2. The van der Waals surface area contributed by atoms with Crippen molar-refractivity contribution in [2.24, 2.45) is 0 Å². The average molecular weight is 587 g/mol. The van der Waals surface area contributed by atoms with Gasteiger partial charge in [0.25, 0.3) is 0 Å². The van der Waals surface area contributed by atoms with Gasteiger partial charge in [-0.3, -0.25) is 0 Å². The molecular formula is C33H42N6O4. The van der Waals surface area contributed by atoms with Gasteiger partial charge in [0.05, 0.1) is 24.3 Å². The SMILES string of the molecule is CCOC(=O)c1ccc(Nc2nc(Nc3ccc(C(=O)OCC)cc3)nc(N(C3CCCCC3)C3CCCCC3)n2)cc1. The quantitative estimate of drug-likeness (QED) is 0.224. The summed E-state index contributed by atoms with van der Waals surface area (Å²) < 4.78 is 10.2. The lowest BCUT2D eigenvalue weighted by Gasteiger charge is -2.41. The Morgan fingerprint density at radius 2 is 1.05 bits per heavy atom. The van der Waals surface area contributed by atoms with Crippen LogP contribution in [0.5, 0.6) is 0 Å². The van der Waals surface area contributed by atoms with E-state index < -0.39 is 0 Å². The summed E-state index contributed by atoms with van der Waals surface area (Å²) in [6.45, 7) is 4.23. The predicted octanol–water partition coefficient (Wildman–Crippen LogP) is 7.18. The fraction of sp³-hybridized carbons (Fsp3) is 0.485. The Morgan fingerprint density at radius 1 is 0.651 bits per heavy atom. The number of benzene rings is 2. The number of rotatable bonds is 11. The summed E-state index contributed by atoms with van der Waals surface area (Å²) in [5.74, 6) is 0.789. The van der Waals surface area contributed by atoms with Crippen molar-refractivity contribution >= 4 is 41.2 Å². The van der Waals surface area contributed by atoms with Gasteiger partial charge in [0.1, 0.15) is 0 Å². The van der Waals surface area contributed by atoms with Crippen LogP contribution in [-0.4, -0.2) is 52.2 Å². The molecule has 1 aromatic heterocycles. The van der Waals surface area contributed by atoms with Gasteiger partial charge in [0.15, 0.2) is 0 Å². The number of nitrogens with zero attached hydrogens (tertiary/aromatic N) is 4. The summed E-state index contributed by atoms with van der Waals surface area (Å²) in [6.07, 6.45) is 12.0. The fourth-order valence-electron chi connectivity index (χ4n) is 6.00. The minimum atomic E-state index is -0.354. The molecule has 0 spiro atoms. The summed E-state index contributed by atoms with van der Waals surface area (Å²) >= 11 is 0. The number of anilines is 5. The summed E-state index contributed by atoms with van der Waals surface area (Å²) in [4.78, 5) is 41.4. The van der Waals surface area contributed by atoms with Crippen LogP contribution in [0.4, 0.5) is 29.2 Å². The standard InChI is InChI=1S/C33H42N6O4/c1-3-42-29(40)23-15-19-25(20-16-23)34-31-36-32(35-26-21-17-24(18-22-26)30(41)43-4-2)38-33(37-31)39(27-11-7-5-8-12-27)28-13-9-6-10-14-28/h15-22,27-28H,3-14H2,1-2H3,(H2,34,35,36,37,38). The second-order valence-corrected chi connectivity index (χ2v) is 11.1. The summed E-state index contributed by atoms with van der Waals surface area (Å²) in [5.41, 5.74) is 2.46. The first-order chi connectivity index (χ1) is 21.0. The van der Waals surface area contributed by atoms with E-state index in [4.69, 9.17) is 24.4 Å². The number of hydrogen-bond donors (Lipinski definition) is 2. The maximum Gasteiger partial charge on any atom is 0.338 e. The fourth-order valence-corrected chi connectivity index (χ4v) is 6.00. The molecule has 2 aliphatic rings. The molecule has 0 atom stereocenters. The van der Waals surface area contributed by atoms with E-state index in [1.165, 1.54) is 38.5 Å². The number of hydrogen-bond acceptors (Lipinski definition) is 10. The molecule has 5 rings (SSSR count). The van der Waals surface area contributed by atoms with Crippen LogP contribution in [0.25, 0.3) is 0 Å². The van der Waals surface area contributed by atoms with Crippen molar-refractivity contribution in [3.8, 4) is 0 Å². The lowest BCUT2D eigenvalue weighted by atomic mass is 9.89. The Balaban J connectivity index is 1.46. The molecule has 0 amide bonds. The van der Waals surface area contributed by atoms with E-state index in [1.807, 2.05) is 24.3 Å². The highest BCUT2D eigenvalue weighted by molar-refractivity contribution is 5.90. The van der Waals surface area contributed by atoms with Gasteiger partial charge in [-0.05, 0) is 88.1 Å². The number of nitrogens with one attached hydrogen (secondary N) is 2. The van der Waals surface area contributed by atoms with Gasteiger partial charge >= 0.3 is 11.9 Å². The molecule has 2 fully saturated rings. The Morgan fingerprint density at radius 3 is 1.42 bits per heavy atom. The number of carbonyl (C=O) groups excluding carboxylic acids is 2. The van der Waals surface area contributed by atoms with Crippen molar-refractivity contribution in [1.82, 2.24) is 15.0 Å². The number of esters is 2. The lowest BCUT2D eigenvalue weighted by molar-refractivity contribution is 0.0517. The van der Waals surface area contributed by atoms with Gasteiger partial charge in [-0.15, -0.1) is 0 Å². The minimum absolute atomic E-state index is 0.326. The Labute approximate surface area is 253 Å². The van der Waals surface area contributed by atoms with E-state index in [0.717, 1.165) is 37.1 Å². The first kappa shape index (κ1) is 30.3. The molecule has 10 heteroatoms. The number of ether oxygens (including phenoxy) is 2. The van der Waals surface area contributed by atoms with Crippen molar-refractivity contribution in [3.05, 3.63) is 59.7 Å². The maximum absolute atomic E-state index is 12.1. The molecule has 3 aromatic rings. The zero-order valence-corrected chi connectivity index (χ0v) is 25.2. The summed E-state index contributed by atoms with van der Waals surface area (Å²) in [6, 6.07) is 15.0. The molecular weight excluding hydrogens is 544 g/mol. The van der Waals surface area contributed by atoms with Gasteiger partial charge in [0, 0.05) is 23.5 Å². The van der Waals surface area contributed by atoms with Crippen molar-refractivity contribution in [1.29, 1.82) is 0 Å². The molecule has 0 aliphatic heterocycles. The second-order valence-electron chi connectivity index (χ2n) is 11.1. The normalized spacial score (nSPS) is 15.9. The van der Waals surface area contributed by atoms with E-state index in [1.54, 1.807) is 38.1 Å². The molecule has 10 nitrogen and oxygen atoms in total. The van der Waals surface area contributed by atoms with E-state index >= 15 is 0 Å².